The van der Waals surface area contributed by atoms with Crippen molar-refractivity contribution in [3.63, 3.8) is 0 Å². The molecule has 1 heterocycles. The lowest BCUT2D eigenvalue weighted by Gasteiger charge is -2.05. The number of rotatable bonds is 7. The molecule has 1 rings (SSSR count). The molecule has 100 valence electrons. The maximum Gasteiger partial charge on any atom is 0.350 e. The van der Waals surface area contributed by atoms with Crippen LogP contribution >= 0.6 is 0 Å². The number of nitrogens with zero attached hydrogens (tertiary/aromatic N) is 2. The second-order valence-corrected chi connectivity index (χ2v) is 3.83. The van der Waals surface area contributed by atoms with Crippen LogP contribution < -0.4 is 16.6 Å². The van der Waals surface area contributed by atoms with Gasteiger partial charge in [0.2, 0.25) is 0 Å². The molecule has 18 heavy (non-hydrogen) atoms. The zero-order valence-electron chi connectivity index (χ0n) is 10.1. The third kappa shape index (κ3) is 3.81. The molecular weight excluding hydrogens is 240 g/mol. The molecule has 0 aromatic carbocycles. The number of H-pyrrole nitrogens is 1. The van der Waals surface area contributed by atoms with Gasteiger partial charge in [0.05, 0.1) is 11.1 Å². The molecule has 8 heteroatoms. The Balaban J connectivity index is 2.71. The number of nitro groups is 1. The molecule has 1 aromatic rings. The van der Waals surface area contributed by atoms with Crippen LogP contribution in [0.5, 0.6) is 0 Å². The number of hydrogen-bond acceptors (Lipinski definition) is 5. The van der Waals surface area contributed by atoms with Crippen LogP contribution in [-0.4, -0.2) is 27.6 Å². The van der Waals surface area contributed by atoms with Gasteiger partial charge < -0.3 is 5.32 Å². The molecule has 0 unspecified atom stereocenters. The van der Waals surface area contributed by atoms with E-state index in [-0.39, 0.29) is 0 Å². The second-order valence-electron chi connectivity index (χ2n) is 3.83. The highest BCUT2D eigenvalue weighted by Gasteiger charge is 2.14. The normalized spacial score (nSPS) is 10.5. The molecule has 0 spiro atoms. The SMILES string of the molecule is CCCNCCCn1cc([N+](=O)[O-])c(=O)[nH]c1=O. The Labute approximate surface area is 103 Å². The standard InChI is InChI=1S/C10H16N4O4/c1-2-4-11-5-3-6-13-7-8(14(17)18)9(15)12-10(13)16/h7,11H,2-6H2,1H3,(H,12,15,16). The fraction of sp³-hybridized carbons (Fsp3) is 0.600. The first-order chi connectivity index (χ1) is 8.56. The molecule has 0 aliphatic rings. The van der Waals surface area contributed by atoms with E-state index in [0.717, 1.165) is 23.7 Å². The van der Waals surface area contributed by atoms with Crippen molar-refractivity contribution in [2.75, 3.05) is 13.1 Å². The van der Waals surface area contributed by atoms with E-state index in [9.17, 15) is 19.7 Å². The van der Waals surface area contributed by atoms with Crippen molar-refractivity contribution in [1.82, 2.24) is 14.9 Å². The molecular formula is C10H16N4O4. The molecule has 0 atom stereocenters. The Morgan fingerprint density at radius 2 is 2.17 bits per heavy atom. The number of hydrogen-bond donors (Lipinski definition) is 2. The summed E-state index contributed by atoms with van der Waals surface area (Å²) in [6.45, 7) is 3.98. The van der Waals surface area contributed by atoms with Gasteiger partial charge in [0.25, 0.3) is 0 Å². The molecule has 0 saturated heterocycles. The molecule has 2 N–H and O–H groups in total. The summed E-state index contributed by atoms with van der Waals surface area (Å²) in [5.74, 6) is 0. The highest BCUT2D eigenvalue weighted by atomic mass is 16.6. The fourth-order valence-electron chi connectivity index (χ4n) is 1.47. The average molecular weight is 256 g/mol. The van der Waals surface area contributed by atoms with Crippen molar-refractivity contribution >= 4 is 5.69 Å². The minimum atomic E-state index is -0.967. The minimum absolute atomic E-state index is 0.327. The molecule has 0 fully saturated rings. The predicted octanol–water partition coefficient (Wildman–Crippen LogP) is -0.165. The van der Waals surface area contributed by atoms with Gasteiger partial charge in [0, 0.05) is 6.54 Å². The van der Waals surface area contributed by atoms with E-state index >= 15 is 0 Å². The highest BCUT2D eigenvalue weighted by molar-refractivity contribution is 5.20. The molecule has 8 nitrogen and oxygen atoms in total. The van der Waals surface area contributed by atoms with Crippen LogP contribution in [-0.2, 0) is 6.54 Å². The predicted molar refractivity (Wildman–Crippen MR) is 65.8 cm³/mol. The van der Waals surface area contributed by atoms with Gasteiger partial charge in [0.1, 0.15) is 0 Å². The second kappa shape index (κ2) is 6.70. The zero-order valence-corrected chi connectivity index (χ0v) is 10.1. The molecule has 1 aromatic heterocycles. The largest absolute Gasteiger partial charge is 0.350 e. The van der Waals surface area contributed by atoms with Gasteiger partial charge in [-0.3, -0.25) is 24.5 Å². The van der Waals surface area contributed by atoms with E-state index in [2.05, 4.69) is 5.32 Å². The highest BCUT2D eigenvalue weighted by Crippen LogP contribution is 1.99. The summed E-state index contributed by atoms with van der Waals surface area (Å²) in [5, 5.41) is 13.7. The zero-order chi connectivity index (χ0) is 13.5. The Morgan fingerprint density at radius 1 is 1.44 bits per heavy atom. The fourth-order valence-corrected chi connectivity index (χ4v) is 1.47. The molecule has 0 aliphatic carbocycles. The van der Waals surface area contributed by atoms with E-state index in [4.69, 9.17) is 0 Å². The van der Waals surface area contributed by atoms with Gasteiger partial charge in [-0.25, -0.2) is 4.79 Å². The van der Waals surface area contributed by atoms with Crippen LogP contribution in [0.4, 0.5) is 5.69 Å². The quantitative estimate of drug-likeness (QED) is 0.400. The van der Waals surface area contributed by atoms with E-state index in [1.165, 1.54) is 0 Å². The maximum absolute atomic E-state index is 11.4. The summed E-state index contributed by atoms with van der Waals surface area (Å²) >= 11 is 0. The lowest BCUT2D eigenvalue weighted by Crippen LogP contribution is -2.31. The monoisotopic (exact) mass is 256 g/mol. The Hall–Kier alpha value is -1.96. The maximum atomic E-state index is 11.4. The summed E-state index contributed by atoms with van der Waals surface area (Å²) in [4.78, 5) is 34.2. The van der Waals surface area contributed by atoms with E-state index in [0.29, 0.717) is 19.5 Å². The van der Waals surface area contributed by atoms with Crippen molar-refractivity contribution in [2.24, 2.45) is 0 Å². The van der Waals surface area contributed by atoms with Gasteiger partial charge in [-0.15, -0.1) is 0 Å². The summed E-state index contributed by atoms with van der Waals surface area (Å²) in [5.41, 5.74) is -2.21. The number of aromatic amines is 1. The van der Waals surface area contributed by atoms with Crippen LogP contribution in [0.25, 0.3) is 0 Å². The van der Waals surface area contributed by atoms with E-state index in [1.54, 1.807) is 0 Å². The van der Waals surface area contributed by atoms with Gasteiger partial charge in [-0.2, -0.15) is 0 Å². The first-order valence-electron chi connectivity index (χ1n) is 5.75. The van der Waals surface area contributed by atoms with Gasteiger partial charge in [-0.1, -0.05) is 6.92 Å². The Bertz CT molecular complexity index is 519. The van der Waals surface area contributed by atoms with E-state index in [1.807, 2.05) is 11.9 Å². The third-order valence-electron chi connectivity index (χ3n) is 2.37. The smallest absolute Gasteiger partial charge is 0.317 e. The first-order valence-corrected chi connectivity index (χ1v) is 5.75. The third-order valence-corrected chi connectivity index (χ3v) is 2.37. The van der Waals surface area contributed by atoms with Gasteiger partial charge in [0.15, 0.2) is 0 Å². The number of aryl methyl sites for hydroxylation is 1. The summed E-state index contributed by atoms with van der Waals surface area (Å²) in [6, 6.07) is 0. The van der Waals surface area contributed by atoms with Crippen molar-refractivity contribution in [3.05, 3.63) is 37.1 Å². The lowest BCUT2D eigenvalue weighted by molar-refractivity contribution is -0.386. The van der Waals surface area contributed by atoms with Crippen molar-refractivity contribution in [3.8, 4) is 0 Å². The van der Waals surface area contributed by atoms with Crippen molar-refractivity contribution in [1.29, 1.82) is 0 Å². The van der Waals surface area contributed by atoms with Gasteiger partial charge >= 0.3 is 16.9 Å². The summed E-state index contributed by atoms with van der Waals surface area (Å²) < 4.78 is 1.15. The van der Waals surface area contributed by atoms with Crippen molar-refractivity contribution in [2.45, 2.75) is 26.3 Å². The Morgan fingerprint density at radius 3 is 2.78 bits per heavy atom. The Kier molecular flexibility index (Phi) is 5.25. The molecule has 0 bridgehead atoms. The van der Waals surface area contributed by atoms with Crippen LogP contribution in [0.1, 0.15) is 19.8 Å². The molecule has 0 radical (unpaired) electrons. The minimum Gasteiger partial charge on any atom is -0.317 e. The number of nitrogens with one attached hydrogen (secondary N) is 2. The topological polar surface area (TPSA) is 110 Å². The number of aromatic nitrogens is 2. The van der Waals surface area contributed by atoms with Crippen LogP contribution in [0, 0.1) is 10.1 Å². The van der Waals surface area contributed by atoms with Crippen LogP contribution in [0.15, 0.2) is 15.8 Å². The average Bonchev–Trinajstić information content (AvgIpc) is 2.30. The van der Waals surface area contributed by atoms with Crippen LogP contribution in [0.3, 0.4) is 0 Å². The van der Waals surface area contributed by atoms with Crippen molar-refractivity contribution < 1.29 is 4.92 Å². The first kappa shape index (κ1) is 14.1. The summed E-state index contributed by atoms with van der Waals surface area (Å²) in [6.07, 6.45) is 2.66. The molecule has 0 saturated carbocycles. The molecule has 0 aliphatic heterocycles. The van der Waals surface area contributed by atoms with E-state index < -0.39 is 21.9 Å². The molecule has 0 amide bonds. The lowest BCUT2D eigenvalue weighted by atomic mass is 10.4. The summed E-state index contributed by atoms with van der Waals surface area (Å²) in [7, 11) is 0. The van der Waals surface area contributed by atoms with Gasteiger partial charge in [-0.05, 0) is 25.9 Å². The van der Waals surface area contributed by atoms with Crippen LogP contribution in [0.2, 0.25) is 0 Å².